The van der Waals surface area contributed by atoms with Crippen molar-refractivity contribution in [2.24, 2.45) is 15.6 Å². The Labute approximate surface area is 265 Å². The number of hydrogen-bond donors (Lipinski definition) is 4. The van der Waals surface area contributed by atoms with Gasteiger partial charge in [-0.05, 0) is 0 Å². The summed E-state index contributed by atoms with van der Waals surface area (Å²) in [6.07, 6.45) is 1.76. The molecule has 1 aromatic carbocycles. The number of sulfonamides is 1. The molecule has 0 unspecified atom stereocenters. The molecule has 0 spiro atoms. The molecule has 0 bridgehead atoms. The molecule has 2 heterocycles. The van der Waals surface area contributed by atoms with E-state index in [4.69, 9.17) is 8.95 Å². The molecule has 0 aliphatic carbocycles. The molecule has 3 rings (SSSR count). The second-order valence-electron chi connectivity index (χ2n) is 15.6. The molecule has 1 atom stereocenters. The SMILES string of the molecule is CC(C)(C)CCN1C(=O)C(C2=N[PH](O)(OCCO[Si](C)(C)C(C)(C)C)c3cc(NS(C)(=O)=O)ccc3N2)=C(O)[C@@H]1C(C)(C)C. The van der Waals surface area contributed by atoms with Crippen LogP contribution in [0.1, 0.15) is 68.7 Å². The quantitative estimate of drug-likeness (QED) is 0.144. The molecule has 0 aromatic heterocycles. The topological polar surface area (TPSA) is 150 Å². The summed E-state index contributed by atoms with van der Waals surface area (Å²) in [5.74, 6) is -0.468. The number of anilines is 2. The van der Waals surface area contributed by atoms with Crippen molar-refractivity contribution in [2.75, 3.05) is 36.1 Å². The summed E-state index contributed by atoms with van der Waals surface area (Å²) in [6, 6.07) is 4.04. The van der Waals surface area contributed by atoms with Gasteiger partial charge in [0.05, 0.1) is 0 Å². The van der Waals surface area contributed by atoms with Crippen molar-refractivity contribution in [3.63, 3.8) is 0 Å². The molecular formula is C30H53N4O7PSSi. The first-order valence-electron chi connectivity index (χ1n) is 15.0. The average Bonchev–Trinajstić information content (AvgIpc) is 3.08. The van der Waals surface area contributed by atoms with Gasteiger partial charge in [-0.2, -0.15) is 0 Å². The Bertz CT molecular complexity index is 1440. The van der Waals surface area contributed by atoms with Crippen LogP contribution in [0.2, 0.25) is 18.1 Å². The molecule has 0 radical (unpaired) electrons. The Kier molecular flexibility index (Phi) is 10.2. The third-order valence-corrected chi connectivity index (χ3v) is 15.7. The van der Waals surface area contributed by atoms with Crippen molar-refractivity contribution in [3.8, 4) is 0 Å². The summed E-state index contributed by atoms with van der Waals surface area (Å²) in [6.45, 7) is 23.5. The van der Waals surface area contributed by atoms with Crippen LogP contribution < -0.4 is 15.3 Å². The van der Waals surface area contributed by atoms with Crippen LogP contribution in [0.5, 0.6) is 0 Å². The molecule has 44 heavy (non-hydrogen) atoms. The molecule has 0 saturated carbocycles. The third kappa shape index (κ3) is 8.41. The predicted molar refractivity (Wildman–Crippen MR) is 184 cm³/mol. The summed E-state index contributed by atoms with van der Waals surface area (Å²) in [5.41, 5.74) is 0.117. The monoisotopic (exact) mass is 672 g/mol. The first-order valence-corrected chi connectivity index (χ1v) is 21.6. The summed E-state index contributed by atoms with van der Waals surface area (Å²) in [4.78, 5) is 27.7. The van der Waals surface area contributed by atoms with Crippen LogP contribution in [0.15, 0.2) is 34.3 Å². The molecule has 250 valence electrons. The number of carbonyl (C=O) groups excluding carboxylic acids is 1. The van der Waals surface area contributed by atoms with Gasteiger partial charge in [0, 0.05) is 0 Å². The summed E-state index contributed by atoms with van der Waals surface area (Å²) in [5, 5.41) is 15.0. The molecule has 0 fully saturated rings. The van der Waals surface area contributed by atoms with Crippen LogP contribution in [0.3, 0.4) is 0 Å². The molecule has 11 nitrogen and oxygen atoms in total. The molecular weight excluding hydrogens is 619 g/mol. The van der Waals surface area contributed by atoms with E-state index < -0.39 is 37.7 Å². The van der Waals surface area contributed by atoms with Crippen LogP contribution in [-0.4, -0.2) is 75.4 Å². The van der Waals surface area contributed by atoms with E-state index in [9.17, 15) is 23.2 Å². The summed E-state index contributed by atoms with van der Waals surface area (Å²) < 4.78 is 43.3. The zero-order valence-electron chi connectivity index (χ0n) is 28.4. The Hall–Kier alpha value is -2.02. The van der Waals surface area contributed by atoms with E-state index in [0.29, 0.717) is 12.2 Å². The number of nitrogens with one attached hydrogen (secondary N) is 2. The van der Waals surface area contributed by atoms with Crippen LogP contribution >= 0.6 is 7.87 Å². The maximum absolute atomic E-state index is 14.0. The maximum atomic E-state index is 14.0. The van der Waals surface area contributed by atoms with Gasteiger partial charge in [0.25, 0.3) is 0 Å². The van der Waals surface area contributed by atoms with E-state index in [0.717, 1.165) is 12.7 Å². The van der Waals surface area contributed by atoms with Crippen molar-refractivity contribution in [1.29, 1.82) is 0 Å². The van der Waals surface area contributed by atoms with Gasteiger partial charge in [-0.15, -0.1) is 0 Å². The van der Waals surface area contributed by atoms with Gasteiger partial charge in [-0.1, -0.05) is 0 Å². The minimum absolute atomic E-state index is 0.00475. The Morgan fingerprint density at radius 3 is 2.23 bits per heavy atom. The Balaban J connectivity index is 2.06. The fraction of sp³-hybridized carbons (Fsp3) is 0.667. The van der Waals surface area contributed by atoms with Gasteiger partial charge < -0.3 is 0 Å². The Morgan fingerprint density at radius 2 is 1.70 bits per heavy atom. The van der Waals surface area contributed by atoms with Crippen molar-refractivity contribution in [1.82, 2.24) is 4.90 Å². The molecule has 2 aliphatic heterocycles. The van der Waals surface area contributed by atoms with Crippen molar-refractivity contribution in [2.45, 2.75) is 92.9 Å². The van der Waals surface area contributed by atoms with Crippen molar-refractivity contribution >= 4 is 54.6 Å². The van der Waals surface area contributed by atoms with Gasteiger partial charge in [0.2, 0.25) is 0 Å². The molecule has 0 saturated heterocycles. The zero-order valence-corrected chi connectivity index (χ0v) is 31.2. The number of hydrogen-bond acceptors (Lipinski definition) is 9. The van der Waals surface area contributed by atoms with Crippen molar-refractivity contribution in [3.05, 3.63) is 29.5 Å². The number of aliphatic hydroxyl groups is 1. The number of rotatable bonds is 10. The van der Waals surface area contributed by atoms with Crippen molar-refractivity contribution < 1.29 is 32.2 Å². The van der Waals surface area contributed by atoms with Crippen LogP contribution in [0, 0.1) is 10.8 Å². The molecule has 1 aromatic rings. The van der Waals surface area contributed by atoms with E-state index in [1.165, 1.54) is 6.07 Å². The fourth-order valence-electron chi connectivity index (χ4n) is 4.93. The number of amides is 1. The second kappa shape index (κ2) is 12.3. The average molecular weight is 673 g/mol. The van der Waals surface area contributed by atoms with Gasteiger partial charge in [-0.3, -0.25) is 0 Å². The number of carbonyl (C=O) groups is 1. The number of aliphatic hydroxyl groups excluding tert-OH is 1. The van der Waals surface area contributed by atoms with Gasteiger partial charge in [0.15, 0.2) is 0 Å². The van der Waals surface area contributed by atoms with E-state index in [-0.39, 0.29) is 57.7 Å². The van der Waals surface area contributed by atoms with Crippen LogP contribution in [0.25, 0.3) is 0 Å². The minimum atomic E-state index is -4.22. The molecule has 1 amide bonds. The van der Waals surface area contributed by atoms with E-state index >= 15 is 0 Å². The van der Waals surface area contributed by atoms with E-state index in [1.54, 1.807) is 17.0 Å². The van der Waals surface area contributed by atoms with Gasteiger partial charge >= 0.3 is 266 Å². The number of nitrogens with zero attached hydrogens (tertiary/aromatic N) is 2. The van der Waals surface area contributed by atoms with E-state index in [1.807, 2.05) is 20.8 Å². The number of amidine groups is 1. The van der Waals surface area contributed by atoms with Gasteiger partial charge in [-0.25, -0.2) is 0 Å². The van der Waals surface area contributed by atoms with Gasteiger partial charge in [0.1, 0.15) is 0 Å². The first kappa shape index (κ1) is 36.4. The molecule has 2 aliphatic rings. The second-order valence-corrected chi connectivity index (χ2v) is 24.4. The molecule has 14 heteroatoms. The summed E-state index contributed by atoms with van der Waals surface area (Å²) in [7, 11) is -9.91. The number of benzene rings is 1. The van der Waals surface area contributed by atoms with Crippen LogP contribution in [0.4, 0.5) is 11.4 Å². The Morgan fingerprint density at radius 1 is 1.09 bits per heavy atom. The normalized spacial score (nSPS) is 20.3. The van der Waals surface area contributed by atoms with Crippen LogP contribution in [-0.2, 0) is 23.8 Å². The van der Waals surface area contributed by atoms with E-state index in [2.05, 4.69) is 69.4 Å². The standard InChI is InChI=1S/C30H53N4O7PSSi/c1-28(2,3)15-16-34-25(29(4,5)6)24(35)23(27(34)36)26-31-21-14-13-20(33-43(10,38)39)19-22(21)42(37,32-26)40-17-18-41-44(11,12)30(7,8)9/h13-14,19,25,33,35,37,42H,15-18H2,1-12H3,(H,31,32)/t25-/m1/s1. The third-order valence-electron chi connectivity index (χ3n) is 8.31. The predicted octanol–water partition coefficient (Wildman–Crippen LogP) is 5.54. The summed E-state index contributed by atoms with van der Waals surface area (Å²) >= 11 is 0. The fourth-order valence-corrected chi connectivity index (χ4v) is 8.54. The zero-order chi connectivity index (χ0) is 33.7. The molecule has 4 N–H and O–H groups in total. The first-order chi connectivity index (χ1) is 19.8. The number of fused-ring (bicyclic) bond motifs is 1.